The van der Waals surface area contributed by atoms with Crippen molar-refractivity contribution >= 4 is 29.1 Å². The molecule has 1 atom stereocenters. The molecule has 32 heavy (non-hydrogen) atoms. The van der Waals surface area contributed by atoms with Gasteiger partial charge in [-0.05, 0) is 62.4 Å². The van der Waals surface area contributed by atoms with E-state index < -0.39 is 5.25 Å². The van der Waals surface area contributed by atoms with Gasteiger partial charge in [-0.2, -0.15) is 0 Å². The van der Waals surface area contributed by atoms with Crippen LogP contribution in [0.3, 0.4) is 0 Å². The van der Waals surface area contributed by atoms with E-state index in [0.29, 0.717) is 22.2 Å². The molecular formula is C24H21N5O2S. The van der Waals surface area contributed by atoms with Gasteiger partial charge in [0, 0.05) is 34.9 Å². The number of Topliss-reactive ketones (excluding diaryl/α,β-unsaturated/α-hetero) is 1. The molecule has 0 radical (unpaired) electrons. The van der Waals surface area contributed by atoms with Crippen LogP contribution in [0.15, 0.2) is 84.3 Å². The number of carbonyl (C=O) groups is 2. The Morgan fingerprint density at radius 1 is 0.969 bits per heavy atom. The first-order chi connectivity index (χ1) is 15.5. The summed E-state index contributed by atoms with van der Waals surface area (Å²) in [5.74, 6) is 0.465. The summed E-state index contributed by atoms with van der Waals surface area (Å²) in [6, 6.07) is 20.4. The summed E-state index contributed by atoms with van der Waals surface area (Å²) < 4.78 is 1.92. The monoisotopic (exact) mass is 443 g/mol. The van der Waals surface area contributed by atoms with Crippen LogP contribution >= 0.6 is 11.8 Å². The molecule has 2 aromatic carbocycles. The molecule has 8 heteroatoms. The minimum atomic E-state index is -0.434. The van der Waals surface area contributed by atoms with Crippen LogP contribution in [0, 0.1) is 0 Å². The fourth-order valence-electron chi connectivity index (χ4n) is 3.08. The highest BCUT2D eigenvalue weighted by atomic mass is 32.2. The number of nitrogens with one attached hydrogen (secondary N) is 1. The molecule has 0 aliphatic carbocycles. The Hall–Kier alpha value is -3.78. The van der Waals surface area contributed by atoms with E-state index in [-0.39, 0.29) is 11.7 Å². The lowest BCUT2D eigenvalue weighted by atomic mass is 10.1. The number of hydrogen-bond acceptors (Lipinski definition) is 6. The van der Waals surface area contributed by atoms with Crippen molar-refractivity contribution < 1.29 is 9.59 Å². The van der Waals surface area contributed by atoms with E-state index in [2.05, 4.69) is 20.5 Å². The lowest BCUT2D eigenvalue weighted by Gasteiger charge is -2.14. The highest BCUT2D eigenvalue weighted by Gasteiger charge is 2.22. The Morgan fingerprint density at radius 3 is 2.38 bits per heavy atom. The molecule has 0 unspecified atom stereocenters. The number of amides is 1. The van der Waals surface area contributed by atoms with Crippen molar-refractivity contribution in [2.24, 2.45) is 0 Å². The molecule has 2 aromatic heterocycles. The van der Waals surface area contributed by atoms with Crippen molar-refractivity contribution in [3.05, 3.63) is 84.7 Å². The number of benzene rings is 2. The summed E-state index contributed by atoms with van der Waals surface area (Å²) in [6.07, 6.45) is 3.44. The third kappa shape index (κ3) is 4.76. The average Bonchev–Trinajstić information content (AvgIpc) is 3.24. The van der Waals surface area contributed by atoms with E-state index in [9.17, 15) is 9.59 Å². The molecule has 1 amide bonds. The minimum Gasteiger partial charge on any atom is -0.325 e. The van der Waals surface area contributed by atoms with E-state index >= 15 is 0 Å². The second kappa shape index (κ2) is 9.57. The number of ketones is 1. The van der Waals surface area contributed by atoms with Crippen LogP contribution in [0.1, 0.15) is 24.2 Å². The molecule has 160 valence electrons. The molecule has 0 bridgehead atoms. The molecule has 4 aromatic rings. The summed E-state index contributed by atoms with van der Waals surface area (Å²) in [7, 11) is 0. The maximum absolute atomic E-state index is 12.8. The fourth-order valence-corrected chi connectivity index (χ4v) is 3.95. The van der Waals surface area contributed by atoms with E-state index in [1.54, 1.807) is 36.7 Å². The van der Waals surface area contributed by atoms with Crippen molar-refractivity contribution in [1.82, 2.24) is 19.7 Å². The van der Waals surface area contributed by atoms with Crippen LogP contribution < -0.4 is 5.32 Å². The fraction of sp³-hybridized carbons (Fsp3) is 0.125. The van der Waals surface area contributed by atoms with Crippen LogP contribution in [0.4, 0.5) is 5.69 Å². The molecule has 0 spiro atoms. The zero-order valence-corrected chi connectivity index (χ0v) is 18.4. The van der Waals surface area contributed by atoms with Crippen molar-refractivity contribution in [2.75, 3.05) is 5.32 Å². The van der Waals surface area contributed by atoms with E-state index in [0.717, 1.165) is 11.3 Å². The molecule has 7 nitrogen and oxygen atoms in total. The van der Waals surface area contributed by atoms with Crippen molar-refractivity contribution in [3.63, 3.8) is 0 Å². The predicted molar refractivity (Wildman–Crippen MR) is 125 cm³/mol. The van der Waals surface area contributed by atoms with Crippen LogP contribution in [0.5, 0.6) is 0 Å². The Kier molecular flexibility index (Phi) is 6.42. The molecule has 4 rings (SSSR count). The molecule has 0 saturated heterocycles. The smallest absolute Gasteiger partial charge is 0.237 e. The number of para-hydroxylation sites is 1. The average molecular weight is 444 g/mol. The quantitative estimate of drug-likeness (QED) is 0.330. The van der Waals surface area contributed by atoms with Gasteiger partial charge in [0.15, 0.2) is 16.8 Å². The normalized spacial score (nSPS) is 11.7. The van der Waals surface area contributed by atoms with Gasteiger partial charge >= 0.3 is 0 Å². The molecule has 1 N–H and O–H groups in total. The van der Waals surface area contributed by atoms with Gasteiger partial charge in [0.25, 0.3) is 0 Å². The maximum atomic E-state index is 12.8. The third-order valence-electron chi connectivity index (χ3n) is 4.78. The second-order valence-electron chi connectivity index (χ2n) is 7.10. The van der Waals surface area contributed by atoms with E-state index in [4.69, 9.17) is 0 Å². The van der Waals surface area contributed by atoms with Gasteiger partial charge in [-0.3, -0.25) is 19.1 Å². The van der Waals surface area contributed by atoms with Gasteiger partial charge < -0.3 is 5.32 Å². The van der Waals surface area contributed by atoms with Crippen LogP contribution in [-0.4, -0.2) is 36.7 Å². The van der Waals surface area contributed by atoms with Gasteiger partial charge in [0.05, 0.1) is 5.25 Å². The van der Waals surface area contributed by atoms with E-state index in [1.165, 1.54) is 18.7 Å². The van der Waals surface area contributed by atoms with Crippen LogP contribution in [-0.2, 0) is 4.79 Å². The first kappa shape index (κ1) is 21.5. The van der Waals surface area contributed by atoms with Gasteiger partial charge in [-0.1, -0.05) is 30.0 Å². The van der Waals surface area contributed by atoms with Gasteiger partial charge in [-0.15, -0.1) is 10.2 Å². The standard InChI is InChI=1S/C24H21N5O2S/c1-16(30)18-10-12-20(13-11-18)26-23(31)17(2)32-24-28-27-22(19-7-6-14-25-15-19)29(24)21-8-4-3-5-9-21/h3-15,17H,1-2H3,(H,26,31)/t17-/m0/s1. The number of thioether (sulfide) groups is 1. The Balaban J connectivity index is 1.57. The zero-order chi connectivity index (χ0) is 22.5. The lowest BCUT2D eigenvalue weighted by molar-refractivity contribution is -0.115. The number of rotatable bonds is 7. The molecule has 0 aliphatic rings. The number of aromatic nitrogens is 4. The topological polar surface area (TPSA) is 89.8 Å². The number of pyridine rings is 1. The van der Waals surface area contributed by atoms with E-state index in [1.807, 2.05) is 54.0 Å². The van der Waals surface area contributed by atoms with Crippen molar-refractivity contribution in [2.45, 2.75) is 24.3 Å². The molecular weight excluding hydrogens is 422 g/mol. The molecule has 0 saturated carbocycles. The predicted octanol–water partition coefficient (Wildman–Crippen LogP) is 4.65. The maximum Gasteiger partial charge on any atom is 0.237 e. The summed E-state index contributed by atoms with van der Waals surface area (Å²) in [4.78, 5) is 28.4. The highest BCUT2D eigenvalue weighted by Crippen LogP contribution is 2.30. The van der Waals surface area contributed by atoms with Gasteiger partial charge in [0.2, 0.25) is 5.91 Å². The molecule has 0 fully saturated rings. The number of anilines is 1. The summed E-state index contributed by atoms with van der Waals surface area (Å²) in [5.41, 5.74) is 2.96. The summed E-state index contributed by atoms with van der Waals surface area (Å²) in [5, 5.41) is 11.8. The Labute approximate surface area is 189 Å². The first-order valence-corrected chi connectivity index (χ1v) is 10.9. The Bertz CT molecular complexity index is 1220. The van der Waals surface area contributed by atoms with Gasteiger partial charge in [-0.25, -0.2) is 0 Å². The summed E-state index contributed by atoms with van der Waals surface area (Å²) in [6.45, 7) is 3.33. The lowest BCUT2D eigenvalue weighted by Crippen LogP contribution is -2.23. The number of carbonyl (C=O) groups excluding carboxylic acids is 2. The Morgan fingerprint density at radius 2 is 1.72 bits per heavy atom. The third-order valence-corrected chi connectivity index (χ3v) is 5.82. The molecule has 2 heterocycles. The SMILES string of the molecule is CC(=O)c1ccc(NC(=O)[C@H](C)Sc2nnc(-c3cccnc3)n2-c2ccccc2)cc1. The minimum absolute atomic E-state index is 0.0172. The number of hydrogen-bond donors (Lipinski definition) is 1. The van der Waals surface area contributed by atoms with Crippen molar-refractivity contribution in [3.8, 4) is 17.1 Å². The summed E-state index contributed by atoms with van der Waals surface area (Å²) >= 11 is 1.32. The highest BCUT2D eigenvalue weighted by molar-refractivity contribution is 8.00. The number of nitrogens with zero attached hydrogens (tertiary/aromatic N) is 4. The van der Waals surface area contributed by atoms with Crippen molar-refractivity contribution in [1.29, 1.82) is 0 Å². The largest absolute Gasteiger partial charge is 0.325 e. The zero-order valence-electron chi connectivity index (χ0n) is 17.6. The van der Waals surface area contributed by atoms with Crippen LogP contribution in [0.25, 0.3) is 17.1 Å². The first-order valence-electron chi connectivity index (χ1n) is 10.0. The van der Waals surface area contributed by atoms with Crippen LogP contribution in [0.2, 0.25) is 0 Å². The molecule has 0 aliphatic heterocycles. The van der Waals surface area contributed by atoms with Gasteiger partial charge in [0.1, 0.15) is 0 Å². The second-order valence-corrected chi connectivity index (χ2v) is 8.41.